The van der Waals surface area contributed by atoms with Gasteiger partial charge in [0, 0.05) is 20.3 Å². The van der Waals surface area contributed by atoms with Gasteiger partial charge in [0.25, 0.3) is 5.91 Å². The zero-order valence-electron chi connectivity index (χ0n) is 10.6. The summed E-state index contributed by atoms with van der Waals surface area (Å²) in [5.41, 5.74) is 0.694. The summed E-state index contributed by atoms with van der Waals surface area (Å²) in [6.45, 7) is 0.557. The van der Waals surface area contributed by atoms with Crippen LogP contribution in [0.3, 0.4) is 0 Å². The summed E-state index contributed by atoms with van der Waals surface area (Å²) in [4.78, 5) is 13.3. The molecule has 2 nitrogen and oxygen atoms in total. The van der Waals surface area contributed by atoms with Crippen LogP contribution in [-0.2, 0) is 6.54 Å². The number of carbonyl (C=O) groups is 1. The monoisotopic (exact) mass is 345 g/mol. The van der Waals surface area contributed by atoms with Gasteiger partial charge in [-0.15, -0.1) is 11.3 Å². The first-order chi connectivity index (χ1) is 9.72. The summed E-state index contributed by atoms with van der Waals surface area (Å²) in [5, 5.41) is 7.18. The fraction of sp³-hybridized carbons (Fsp3) is 0.0625. The number of halogens is 1. The zero-order valence-corrected chi connectivity index (χ0v) is 13.0. The van der Waals surface area contributed by atoms with E-state index in [2.05, 4.69) is 21.2 Å². The van der Waals surface area contributed by atoms with E-state index >= 15 is 0 Å². The van der Waals surface area contributed by atoms with Gasteiger partial charge in [0.2, 0.25) is 0 Å². The van der Waals surface area contributed by atoms with E-state index in [9.17, 15) is 4.79 Å². The number of benzene rings is 2. The lowest BCUT2D eigenvalue weighted by atomic mass is 10.1. The molecule has 1 N–H and O–H groups in total. The van der Waals surface area contributed by atoms with Gasteiger partial charge in [-0.25, -0.2) is 0 Å². The first kappa shape index (κ1) is 13.3. The molecule has 0 saturated heterocycles. The minimum absolute atomic E-state index is 0.0414. The van der Waals surface area contributed by atoms with Crippen molar-refractivity contribution < 1.29 is 4.79 Å². The Morgan fingerprint density at radius 1 is 1.10 bits per heavy atom. The maximum atomic E-state index is 12.2. The van der Waals surface area contributed by atoms with E-state index in [4.69, 9.17) is 0 Å². The van der Waals surface area contributed by atoms with E-state index in [1.165, 1.54) is 0 Å². The molecule has 0 spiro atoms. The highest BCUT2D eigenvalue weighted by atomic mass is 79.9. The Balaban J connectivity index is 1.75. The number of rotatable bonds is 3. The van der Waals surface area contributed by atoms with Gasteiger partial charge < -0.3 is 5.32 Å². The van der Waals surface area contributed by atoms with E-state index in [0.717, 1.165) is 20.1 Å². The van der Waals surface area contributed by atoms with Crippen LogP contribution in [0.5, 0.6) is 0 Å². The van der Waals surface area contributed by atoms with Crippen molar-refractivity contribution in [3.8, 4) is 0 Å². The molecule has 4 heteroatoms. The van der Waals surface area contributed by atoms with Gasteiger partial charge in [-0.1, -0.05) is 30.3 Å². The lowest BCUT2D eigenvalue weighted by Gasteiger charge is -2.05. The number of thiophene rings is 1. The number of fused-ring (bicyclic) bond motifs is 1. The average Bonchev–Trinajstić information content (AvgIpc) is 2.90. The zero-order chi connectivity index (χ0) is 13.9. The van der Waals surface area contributed by atoms with Crippen LogP contribution in [0.4, 0.5) is 0 Å². The molecule has 0 saturated carbocycles. The minimum atomic E-state index is -0.0414. The molecule has 0 aliphatic carbocycles. The summed E-state index contributed by atoms with van der Waals surface area (Å²) in [6.07, 6.45) is 0. The first-order valence-corrected chi connectivity index (χ1v) is 7.89. The first-order valence-electron chi connectivity index (χ1n) is 6.22. The molecule has 1 aromatic heterocycles. The van der Waals surface area contributed by atoms with Gasteiger partial charge in [0.15, 0.2) is 0 Å². The number of amides is 1. The third-order valence-corrected chi connectivity index (χ3v) is 4.75. The van der Waals surface area contributed by atoms with Crippen molar-refractivity contribution in [2.75, 3.05) is 0 Å². The number of nitrogens with one attached hydrogen (secondary N) is 1. The van der Waals surface area contributed by atoms with Crippen LogP contribution in [0.1, 0.15) is 15.2 Å². The highest BCUT2D eigenvalue weighted by molar-refractivity contribution is 9.10. The Morgan fingerprint density at radius 2 is 1.90 bits per heavy atom. The molecule has 20 heavy (non-hydrogen) atoms. The second kappa shape index (κ2) is 5.77. The normalized spacial score (nSPS) is 10.7. The smallest absolute Gasteiger partial charge is 0.251 e. The van der Waals surface area contributed by atoms with Crippen molar-refractivity contribution in [1.29, 1.82) is 0 Å². The van der Waals surface area contributed by atoms with Crippen molar-refractivity contribution in [1.82, 2.24) is 5.32 Å². The molecule has 2 aromatic carbocycles. The van der Waals surface area contributed by atoms with E-state index < -0.39 is 0 Å². The molecular formula is C16H12BrNOS. The van der Waals surface area contributed by atoms with Crippen molar-refractivity contribution in [3.05, 3.63) is 68.8 Å². The predicted molar refractivity (Wildman–Crippen MR) is 87.1 cm³/mol. The average molecular weight is 346 g/mol. The van der Waals surface area contributed by atoms with Crippen molar-refractivity contribution >= 4 is 43.9 Å². The Labute approximate surface area is 129 Å². The SMILES string of the molecule is O=C(NCc1cc(Br)cs1)c1ccc2ccccc2c1. The van der Waals surface area contributed by atoms with Gasteiger partial charge >= 0.3 is 0 Å². The molecule has 0 aliphatic rings. The van der Waals surface area contributed by atoms with Crippen molar-refractivity contribution in [2.45, 2.75) is 6.54 Å². The molecule has 0 atom stereocenters. The maximum Gasteiger partial charge on any atom is 0.251 e. The molecular weight excluding hydrogens is 334 g/mol. The van der Waals surface area contributed by atoms with Crippen LogP contribution in [0.15, 0.2) is 58.4 Å². The number of hydrogen-bond donors (Lipinski definition) is 1. The van der Waals surface area contributed by atoms with E-state index in [0.29, 0.717) is 12.1 Å². The minimum Gasteiger partial charge on any atom is -0.347 e. The number of hydrogen-bond acceptors (Lipinski definition) is 2. The fourth-order valence-electron chi connectivity index (χ4n) is 2.05. The largest absolute Gasteiger partial charge is 0.347 e. The second-order valence-corrected chi connectivity index (χ2v) is 6.39. The Morgan fingerprint density at radius 3 is 2.65 bits per heavy atom. The van der Waals surface area contributed by atoms with Crippen LogP contribution in [0.25, 0.3) is 10.8 Å². The van der Waals surface area contributed by atoms with Gasteiger partial charge in [0.1, 0.15) is 0 Å². The van der Waals surface area contributed by atoms with Gasteiger partial charge in [-0.3, -0.25) is 4.79 Å². The fourth-order valence-corrected chi connectivity index (χ4v) is 3.44. The predicted octanol–water partition coefficient (Wildman–Crippen LogP) is 4.59. The van der Waals surface area contributed by atoms with Crippen LogP contribution in [-0.4, -0.2) is 5.91 Å². The van der Waals surface area contributed by atoms with Crippen LogP contribution >= 0.6 is 27.3 Å². The third kappa shape index (κ3) is 2.92. The van der Waals surface area contributed by atoms with Gasteiger partial charge in [-0.05, 0) is 44.9 Å². The molecule has 0 fully saturated rings. The number of carbonyl (C=O) groups excluding carboxylic acids is 1. The molecule has 3 rings (SSSR count). The van der Waals surface area contributed by atoms with E-state index in [1.807, 2.05) is 53.9 Å². The molecule has 0 bridgehead atoms. The van der Waals surface area contributed by atoms with Crippen LogP contribution in [0, 0.1) is 0 Å². The third-order valence-electron chi connectivity index (χ3n) is 3.06. The lowest BCUT2D eigenvalue weighted by molar-refractivity contribution is 0.0951. The molecule has 100 valence electrons. The molecule has 0 radical (unpaired) electrons. The van der Waals surface area contributed by atoms with Crippen LogP contribution < -0.4 is 5.32 Å². The summed E-state index contributed by atoms with van der Waals surface area (Å²) in [5.74, 6) is -0.0414. The summed E-state index contributed by atoms with van der Waals surface area (Å²) in [7, 11) is 0. The van der Waals surface area contributed by atoms with Gasteiger partial charge in [0.05, 0.1) is 6.54 Å². The Bertz CT molecular complexity index is 766. The highest BCUT2D eigenvalue weighted by Gasteiger charge is 2.06. The summed E-state index contributed by atoms with van der Waals surface area (Å²) in [6, 6.07) is 15.8. The quantitative estimate of drug-likeness (QED) is 0.738. The Kier molecular flexibility index (Phi) is 3.85. The second-order valence-electron chi connectivity index (χ2n) is 4.48. The molecule has 1 amide bonds. The molecule has 0 unspecified atom stereocenters. The van der Waals surface area contributed by atoms with E-state index in [-0.39, 0.29) is 5.91 Å². The summed E-state index contributed by atoms with van der Waals surface area (Å²) >= 11 is 5.04. The maximum absolute atomic E-state index is 12.2. The van der Waals surface area contributed by atoms with E-state index in [1.54, 1.807) is 11.3 Å². The van der Waals surface area contributed by atoms with Crippen molar-refractivity contribution in [2.24, 2.45) is 0 Å². The topological polar surface area (TPSA) is 29.1 Å². The van der Waals surface area contributed by atoms with Crippen LogP contribution in [0.2, 0.25) is 0 Å². The molecule has 0 aliphatic heterocycles. The molecule has 3 aromatic rings. The summed E-state index contributed by atoms with van der Waals surface area (Å²) < 4.78 is 1.05. The van der Waals surface area contributed by atoms with Gasteiger partial charge in [-0.2, -0.15) is 0 Å². The highest BCUT2D eigenvalue weighted by Crippen LogP contribution is 2.20. The van der Waals surface area contributed by atoms with Crippen molar-refractivity contribution in [3.63, 3.8) is 0 Å². The molecule has 1 heterocycles. The Hall–Kier alpha value is -1.65. The lowest BCUT2D eigenvalue weighted by Crippen LogP contribution is -2.22. The standard InChI is InChI=1S/C16H12BrNOS/c17-14-8-15(20-10-14)9-18-16(19)13-6-5-11-3-1-2-4-12(11)7-13/h1-8,10H,9H2,(H,18,19).